The van der Waals surface area contributed by atoms with Crippen LogP contribution >= 0.6 is 0 Å². The highest BCUT2D eigenvalue weighted by molar-refractivity contribution is 5.96. The number of hydrogen-bond donors (Lipinski definition) is 2. The summed E-state index contributed by atoms with van der Waals surface area (Å²) in [5, 5.41) is 23.0. The summed E-state index contributed by atoms with van der Waals surface area (Å²) in [4.78, 5) is 22.6. The minimum Gasteiger partial charge on any atom is -0.396 e. The van der Waals surface area contributed by atoms with Crippen LogP contribution in [0.15, 0.2) is 18.2 Å². The lowest BCUT2D eigenvalue weighted by atomic mass is 9.96. The first-order valence-electron chi connectivity index (χ1n) is 7.17. The van der Waals surface area contributed by atoms with E-state index in [1.807, 2.05) is 0 Å². The third-order valence-corrected chi connectivity index (χ3v) is 4.32. The molecule has 6 nitrogen and oxygen atoms in total. The molecule has 2 N–H and O–H groups in total. The maximum atomic E-state index is 12.2. The third-order valence-electron chi connectivity index (χ3n) is 4.32. The molecule has 2 atom stereocenters. The SMILES string of the molecule is Cc1c(C(=O)NCC2CCCC2CO)cccc1[N+](=O)[O-]. The molecule has 2 rings (SSSR count). The van der Waals surface area contributed by atoms with Crippen LogP contribution in [-0.4, -0.2) is 29.1 Å². The Kier molecular flexibility index (Phi) is 4.90. The molecule has 1 aliphatic carbocycles. The summed E-state index contributed by atoms with van der Waals surface area (Å²) >= 11 is 0. The Morgan fingerprint density at radius 1 is 1.43 bits per heavy atom. The van der Waals surface area contributed by atoms with E-state index in [1.165, 1.54) is 12.1 Å². The van der Waals surface area contributed by atoms with Crippen molar-refractivity contribution in [2.45, 2.75) is 26.2 Å². The fourth-order valence-electron chi connectivity index (χ4n) is 3.01. The number of aliphatic hydroxyl groups excluding tert-OH is 1. The van der Waals surface area contributed by atoms with Crippen molar-refractivity contribution < 1.29 is 14.8 Å². The van der Waals surface area contributed by atoms with E-state index in [0.717, 1.165) is 19.3 Å². The molecule has 0 saturated heterocycles. The van der Waals surface area contributed by atoms with Gasteiger partial charge >= 0.3 is 0 Å². The number of carbonyl (C=O) groups excluding carboxylic acids is 1. The quantitative estimate of drug-likeness (QED) is 0.641. The van der Waals surface area contributed by atoms with Gasteiger partial charge in [-0.25, -0.2) is 0 Å². The summed E-state index contributed by atoms with van der Waals surface area (Å²) in [6.45, 7) is 2.24. The standard InChI is InChI=1S/C15H20N2O4/c1-10-13(6-3-7-14(10)17(20)21)15(19)16-8-11-4-2-5-12(11)9-18/h3,6-7,11-12,18H,2,4-5,8-9H2,1H3,(H,16,19). The Hall–Kier alpha value is -1.95. The van der Waals surface area contributed by atoms with Crippen molar-refractivity contribution in [3.63, 3.8) is 0 Å². The van der Waals surface area contributed by atoms with Crippen LogP contribution < -0.4 is 5.32 Å². The first-order valence-corrected chi connectivity index (χ1v) is 7.17. The maximum Gasteiger partial charge on any atom is 0.273 e. The monoisotopic (exact) mass is 292 g/mol. The van der Waals surface area contributed by atoms with Gasteiger partial charge in [0.15, 0.2) is 0 Å². The van der Waals surface area contributed by atoms with E-state index in [-0.39, 0.29) is 30.0 Å². The molecule has 0 spiro atoms. The van der Waals surface area contributed by atoms with Crippen molar-refractivity contribution >= 4 is 11.6 Å². The van der Waals surface area contributed by atoms with Crippen LogP contribution in [0.1, 0.15) is 35.2 Å². The van der Waals surface area contributed by atoms with Gasteiger partial charge in [0.2, 0.25) is 0 Å². The van der Waals surface area contributed by atoms with Crippen LogP contribution in [0.4, 0.5) is 5.69 Å². The average Bonchev–Trinajstić information content (AvgIpc) is 2.92. The smallest absolute Gasteiger partial charge is 0.273 e. The van der Waals surface area contributed by atoms with Crippen molar-refractivity contribution in [2.24, 2.45) is 11.8 Å². The van der Waals surface area contributed by atoms with Gasteiger partial charge in [0, 0.05) is 30.3 Å². The van der Waals surface area contributed by atoms with E-state index in [9.17, 15) is 20.0 Å². The fourth-order valence-corrected chi connectivity index (χ4v) is 3.01. The lowest BCUT2D eigenvalue weighted by molar-refractivity contribution is -0.385. The number of amides is 1. The molecule has 1 aliphatic rings. The van der Waals surface area contributed by atoms with Crippen molar-refractivity contribution in [1.82, 2.24) is 5.32 Å². The van der Waals surface area contributed by atoms with Gasteiger partial charge in [0.25, 0.3) is 11.6 Å². The molecular weight excluding hydrogens is 272 g/mol. The summed E-state index contributed by atoms with van der Waals surface area (Å²) in [6.07, 6.45) is 3.06. The van der Waals surface area contributed by atoms with E-state index >= 15 is 0 Å². The van der Waals surface area contributed by atoms with E-state index in [4.69, 9.17) is 0 Å². The minimum atomic E-state index is -0.481. The van der Waals surface area contributed by atoms with E-state index < -0.39 is 4.92 Å². The van der Waals surface area contributed by atoms with E-state index in [1.54, 1.807) is 13.0 Å². The molecule has 1 aromatic rings. The zero-order valence-corrected chi connectivity index (χ0v) is 12.0. The van der Waals surface area contributed by atoms with Gasteiger partial charge in [-0.15, -0.1) is 0 Å². The van der Waals surface area contributed by atoms with Gasteiger partial charge < -0.3 is 10.4 Å². The van der Waals surface area contributed by atoms with Gasteiger partial charge in [-0.05, 0) is 37.7 Å². The van der Waals surface area contributed by atoms with Gasteiger partial charge in [-0.2, -0.15) is 0 Å². The summed E-state index contributed by atoms with van der Waals surface area (Å²) in [5.74, 6) is 0.245. The van der Waals surface area contributed by atoms with Crippen molar-refractivity contribution in [1.29, 1.82) is 0 Å². The number of nitrogens with one attached hydrogen (secondary N) is 1. The molecule has 0 aromatic heterocycles. The predicted molar refractivity (Wildman–Crippen MR) is 78.1 cm³/mol. The maximum absolute atomic E-state index is 12.2. The van der Waals surface area contributed by atoms with Crippen molar-refractivity contribution in [3.05, 3.63) is 39.4 Å². The number of nitro groups is 1. The zero-order valence-electron chi connectivity index (χ0n) is 12.0. The van der Waals surface area contributed by atoms with Crippen molar-refractivity contribution in [2.75, 3.05) is 13.2 Å². The molecule has 1 fully saturated rings. The Morgan fingerprint density at radius 3 is 2.81 bits per heavy atom. The number of hydrogen-bond acceptors (Lipinski definition) is 4. The van der Waals surface area contributed by atoms with Crippen LogP contribution in [0.3, 0.4) is 0 Å². The minimum absolute atomic E-state index is 0.0447. The molecule has 2 unspecified atom stereocenters. The Bertz CT molecular complexity index is 544. The van der Waals surface area contributed by atoms with Gasteiger partial charge in [-0.3, -0.25) is 14.9 Å². The number of nitro benzene ring substituents is 1. The van der Waals surface area contributed by atoms with E-state index in [0.29, 0.717) is 17.7 Å². The number of carbonyl (C=O) groups is 1. The molecule has 0 radical (unpaired) electrons. The summed E-state index contributed by atoms with van der Waals surface area (Å²) in [5.41, 5.74) is 0.671. The second kappa shape index (κ2) is 6.67. The van der Waals surface area contributed by atoms with Crippen LogP contribution in [0.2, 0.25) is 0 Å². The van der Waals surface area contributed by atoms with E-state index in [2.05, 4.69) is 5.32 Å². The lowest BCUT2D eigenvalue weighted by Gasteiger charge is -2.18. The zero-order chi connectivity index (χ0) is 15.4. The Balaban J connectivity index is 2.04. The third kappa shape index (κ3) is 3.39. The second-order valence-electron chi connectivity index (χ2n) is 5.55. The molecule has 0 bridgehead atoms. The molecule has 114 valence electrons. The number of benzene rings is 1. The van der Waals surface area contributed by atoms with Crippen LogP contribution in [-0.2, 0) is 0 Å². The van der Waals surface area contributed by atoms with Gasteiger partial charge in [-0.1, -0.05) is 12.5 Å². The topological polar surface area (TPSA) is 92.5 Å². The number of rotatable bonds is 5. The largest absolute Gasteiger partial charge is 0.396 e. The predicted octanol–water partition coefficient (Wildman–Crippen LogP) is 2.04. The number of aliphatic hydroxyl groups is 1. The average molecular weight is 292 g/mol. The van der Waals surface area contributed by atoms with Crippen LogP contribution in [0, 0.1) is 28.9 Å². The van der Waals surface area contributed by atoms with Gasteiger partial charge in [0.1, 0.15) is 0 Å². The first kappa shape index (κ1) is 15.4. The highest BCUT2D eigenvalue weighted by atomic mass is 16.6. The van der Waals surface area contributed by atoms with Crippen molar-refractivity contribution in [3.8, 4) is 0 Å². The normalized spacial score (nSPS) is 21.2. The number of nitrogens with zero attached hydrogens (tertiary/aromatic N) is 1. The second-order valence-corrected chi connectivity index (χ2v) is 5.55. The highest BCUT2D eigenvalue weighted by Gasteiger charge is 2.27. The molecule has 21 heavy (non-hydrogen) atoms. The first-order chi connectivity index (χ1) is 10.0. The lowest BCUT2D eigenvalue weighted by Crippen LogP contribution is -2.32. The fraction of sp³-hybridized carbons (Fsp3) is 0.533. The summed E-state index contributed by atoms with van der Waals surface area (Å²) < 4.78 is 0. The Morgan fingerprint density at radius 2 is 2.14 bits per heavy atom. The molecule has 1 aromatic carbocycles. The molecule has 0 aliphatic heterocycles. The molecule has 1 amide bonds. The van der Waals surface area contributed by atoms with Gasteiger partial charge in [0.05, 0.1) is 4.92 Å². The molecule has 1 saturated carbocycles. The van der Waals surface area contributed by atoms with Crippen LogP contribution in [0.25, 0.3) is 0 Å². The molecule has 6 heteroatoms. The van der Waals surface area contributed by atoms with Crippen LogP contribution in [0.5, 0.6) is 0 Å². The molecule has 0 heterocycles. The summed E-state index contributed by atoms with van der Waals surface area (Å²) in [6, 6.07) is 4.51. The Labute approximate surface area is 123 Å². The summed E-state index contributed by atoms with van der Waals surface area (Å²) in [7, 11) is 0. The highest BCUT2D eigenvalue weighted by Crippen LogP contribution is 2.30. The molecular formula is C15H20N2O4.